The van der Waals surface area contributed by atoms with Gasteiger partial charge in [0.1, 0.15) is 0 Å². The van der Waals surface area contributed by atoms with Crippen molar-refractivity contribution in [2.24, 2.45) is 5.10 Å². The molecule has 0 aliphatic carbocycles. The number of para-hydroxylation sites is 1. The molecule has 0 saturated carbocycles. The number of anilines is 2. The minimum Gasteiger partial charge on any atom is -0.490 e. The van der Waals surface area contributed by atoms with Crippen LogP contribution in [-0.4, -0.2) is 25.3 Å². The van der Waals surface area contributed by atoms with Gasteiger partial charge >= 0.3 is 0 Å². The predicted octanol–water partition coefficient (Wildman–Crippen LogP) is 5.62. The van der Waals surface area contributed by atoms with Crippen molar-refractivity contribution in [3.8, 4) is 11.5 Å². The summed E-state index contributed by atoms with van der Waals surface area (Å²) in [5, 5.41) is 7.07. The van der Waals surface area contributed by atoms with Crippen LogP contribution in [0.3, 0.4) is 0 Å². The van der Waals surface area contributed by atoms with Crippen molar-refractivity contribution in [3.63, 3.8) is 0 Å². The molecule has 2 N–H and O–H groups in total. The first-order valence-corrected chi connectivity index (χ1v) is 10.6. The second-order valence-corrected chi connectivity index (χ2v) is 7.56. The van der Waals surface area contributed by atoms with Crippen molar-refractivity contribution in [2.75, 3.05) is 24.0 Å². The number of hydrogen-bond acceptors (Lipinski definition) is 5. The van der Waals surface area contributed by atoms with Gasteiger partial charge in [-0.15, -0.1) is 0 Å². The second-order valence-electron chi connectivity index (χ2n) is 6.70. The number of halogens is 1. The molecular weight excluding hydrogens is 458 g/mol. The Morgan fingerprint density at radius 3 is 2.48 bits per heavy atom. The highest BCUT2D eigenvalue weighted by Gasteiger charge is 2.14. The lowest BCUT2D eigenvalue weighted by atomic mass is 10.2. The maximum absolute atomic E-state index is 12.3. The Labute approximate surface area is 190 Å². The highest BCUT2D eigenvalue weighted by atomic mass is 79.9. The number of nitrogens with zero attached hydrogens (tertiary/aromatic N) is 1. The first-order valence-electron chi connectivity index (χ1n) is 9.85. The van der Waals surface area contributed by atoms with Crippen LogP contribution in [0.4, 0.5) is 11.4 Å². The van der Waals surface area contributed by atoms with Gasteiger partial charge in [0, 0.05) is 5.69 Å². The lowest BCUT2D eigenvalue weighted by Gasteiger charge is -2.14. The molecule has 0 saturated heterocycles. The quantitative estimate of drug-likeness (QED) is 0.307. The van der Waals surface area contributed by atoms with Gasteiger partial charge in [-0.25, -0.2) is 0 Å². The molecule has 7 heteroatoms. The fourth-order valence-electron chi connectivity index (χ4n) is 2.73. The summed E-state index contributed by atoms with van der Waals surface area (Å²) in [5.41, 5.74) is 6.53. The Morgan fingerprint density at radius 1 is 1.03 bits per heavy atom. The highest BCUT2D eigenvalue weighted by molar-refractivity contribution is 9.10. The second kappa shape index (κ2) is 11.2. The van der Waals surface area contributed by atoms with Crippen LogP contribution in [0.5, 0.6) is 11.5 Å². The van der Waals surface area contributed by atoms with E-state index < -0.39 is 0 Å². The van der Waals surface area contributed by atoms with E-state index in [-0.39, 0.29) is 12.5 Å². The molecule has 0 radical (unpaired) electrons. The number of rotatable bonds is 9. The van der Waals surface area contributed by atoms with Crippen LogP contribution in [-0.2, 0) is 4.79 Å². The van der Waals surface area contributed by atoms with Crippen molar-refractivity contribution in [1.29, 1.82) is 0 Å². The van der Waals surface area contributed by atoms with Gasteiger partial charge < -0.3 is 14.8 Å². The number of nitrogens with one attached hydrogen (secondary N) is 2. The van der Waals surface area contributed by atoms with Crippen LogP contribution in [0.1, 0.15) is 18.1 Å². The molecule has 0 unspecified atom stereocenters. The van der Waals surface area contributed by atoms with E-state index in [9.17, 15) is 4.79 Å². The third kappa shape index (κ3) is 6.86. The van der Waals surface area contributed by atoms with E-state index in [0.717, 1.165) is 22.5 Å². The van der Waals surface area contributed by atoms with E-state index >= 15 is 0 Å². The van der Waals surface area contributed by atoms with Crippen LogP contribution < -0.4 is 20.2 Å². The summed E-state index contributed by atoms with van der Waals surface area (Å²) in [6.07, 6.45) is 1.69. The average Bonchev–Trinajstić information content (AvgIpc) is 2.76. The molecule has 3 aromatic carbocycles. The summed E-state index contributed by atoms with van der Waals surface area (Å²) < 4.78 is 12.2. The number of aryl methyl sites for hydroxylation is 1. The Morgan fingerprint density at radius 2 is 1.77 bits per heavy atom. The topological polar surface area (TPSA) is 71.9 Å². The fourth-order valence-corrected chi connectivity index (χ4v) is 3.31. The minimum absolute atomic E-state index is 0.143. The van der Waals surface area contributed by atoms with Crippen LogP contribution in [0, 0.1) is 6.92 Å². The number of amides is 1. The lowest BCUT2D eigenvalue weighted by molar-refractivity contribution is -0.118. The Kier molecular flexibility index (Phi) is 8.06. The minimum atomic E-state index is -0.254. The molecule has 0 heterocycles. The standard InChI is InChI=1S/C24H24BrN3O3/c1-3-30-22-14-18(15-26-28-20-7-5-4-6-8-20)13-21(25)24(22)31-16-23(29)27-19-11-9-17(2)10-12-19/h4-15,28H,3,16H2,1-2H3,(H,27,29). The zero-order chi connectivity index (χ0) is 22.1. The van der Waals surface area contributed by atoms with E-state index in [1.807, 2.05) is 80.6 Å². The number of hydrogen-bond donors (Lipinski definition) is 2. The van der Waals surface area contributed by atoms with Gasteiger partial charge in [-0.1, -0.05) is 35.9 Å². The number of carbonyl (C=O) groups excluding carboxylic acids is 1. The SMILES string of the molecule is CCOc1cc(C=NNc2ccccc2)cc(Br)c1OCC(=O)Nc1ccc(C)cc1. The molecule has 3 aromatic rings. The van der Waals surface area contributed by atoms with Crippen molar-refractivity contribution in [2.45, 2.75) is 13.8 Å². The van der Waals surface area contributed by atoms with E-state index in [1.165, 1.54) is 0 Å². The van der Waals surface area contributed by atoms with Gasteiger partial charge in [0.05, 0.1) is 23.0 Å². The van der Waals surface area contributed by atoms with E-state index in [2.05, 4.69) is 31.8 Å². The smallest absolute Gasteiger partial charge is 0.262 e. The van der Waals surface area contributed by atoms with Gasteiger partial charge in [-0.2, -0.15) is 5.10 Å². The maximum Gasteiger partial charge on any atom is 0.262 e. The summed E-state index contributed by atoms with van der Waals surface area (Å²) in [7, 11) is 0. The summed E-state index contributed by atoms with van der Waals surface area (Å²) in [5.74, 6) is 0.742. The van der Waals surface area contributed by atoms with Crippen LogP contribution in [0.2, 0.25) is 0 Å². The van der Waals surface area contributed by atoms with Crippen molar-refractivity contribution < 1.29 is 14.3 Å². The number of benzene rings is 3. The van der Waals surface area contributed by atoms with Gasteiger partial charge in [-0.3, -0.25) is 10.2 Å². The summed E-state index contributed by atoms with van der Waals surface area (Å²) in [6.45, 7) is 4.20. The average molecular weight is 482 g/mol. The number of hydrazone groups is 1. The zero-order valence-electron chi connectivity index (χ0n) is 17.4. The summed E-state index contributed by atoms with van der Waals surface area (Å²) in [6, 6.07) is 20.9. The van der Waals surface area contributed by atoms with Crippen molar-refractivity contribution in [1.82, 2.24) is 0 Å². The molecule has 0 aliphatic heterocycles. The molecule has 3 rings (SSSR count). The molecule has 0 bridgehead atoms. The molecular formula is C24H24BrN3O3. The Hall–Kier alpha value is -3.32. The van der Waals surface area contributed by atoms with E-state index in [0.29, 0.717) is 22.6 Å². The molecule has 1 amide bonds. The fraction of sp³-hybridized carbons (Fsp3) is 0.167. The van der Waals surface area contributed by atoms with Crippen LogP contribution >= 0.6 is 15.9 Å². The van der Waals surface area contributed by atoms with Crippen LogP contribution in [0.25, 0.3) is 0 Å². The monoisotopic (exact) mass is 481 g/mol. The van der Waals surface area contributed by atoms with Crippen molar-refractivity contribution in [3.05, 3.63) is 82.3 Å². The molecule has 0 spiro atoms. The lowest BCUT2D eigenvalue weighted by Crippen LogP contribution is -2.20. The molecule has 0 fully saturated rings. The largest absolute Gasteiger partial charge is 0.490 e. The predicted molar refractivity (Wildman–Crippen MR) is 128 cm³/mol. The van der Waals surface area contributed by atoms with E-state index in [1.54, 1.807) is 6.21 Å². The first kappa shape index (κ1) is 22.4. The molecule has 31 heavy (non-hydrogen) atoms. The maximum atomic E-state index is 12.3. The Balaban J connectivity index is 1.66. The van der Waals surface area contributed by atoms with E-state index in [4.69, 9.17) is 9.47 Å². The van der Waals surface area contributed by atoms with Crippen molar-refractivity contribution >= 4 is 39.4 Å². The molecule has 0 aromatic heterocycles. The third-order valence-corrected chi connectivity index (χ3v) is 4.78. The first-order chi connectivity index (χ1) is 15.0. The molecule has 6 nitrogen and oxygen atoms in total. The zero-order valence-corrected chi connectivity index (χ0v) is 19.0. The number of carbonyl (C=O) groups is 1. The summed E-state index contributed by atoms with van der Waals surface area (Å²) in [4.78, 5) is 12.3. The normalized spacial score (nSPS) is 10.7. The van der Waals surface area contributed by atoms with Gasteiger partial charge in [0.2, 0.25) is 0 Å². The van der Waals surface area contributed by atoms with Gasteiger partial charge in [0.15, 0.2) is 18.1 Å². The number of ether oxygens (including phenoxy) is 2. The molecule has 160 valence electrons. The molecule has 0 aliphatic rings. The molecule has 0 atom stereocenters. The van der Waals surface area contributed by atoms with Crippen LogP contribution in [0.15, 0.2) is 76.3 Å². The summed E-state index contributed by atoms with van der Waals surface area (Å²) >= 11 is 3.51. The Bertz CT molecular complexity index is 1040. The highest BCUT2D eigenvalue weighted by Crippen LogP contribution is 2.36. The third-order valence-electron chi connectivity index (χ3n) is 4.20. The van der Waals surface area contributed by atoms with Gasteiger partial charge in [0.25, 0.3) is 5.91 Å². The van der Waals surface area contributed by atoms with Gasteiger partial charge in [-0.05, 0) is 71.7 Å².